The smallest absolute Gasteiger partial charge is 0.117 e. The van der Waals surface area contributed by atoms with Crippen LogP contribution in [0.25, 0.3) is 0 Å². The summed E-state index contributed by atoms with van der Waals surface area (Å²) in [7, 11) is 1.82. The Labute approximate surface area is 156 Å². The zero-order valence-electron chi connectivity index (χ0n) is 15.6. The molecule has 2 saturated heterocycles. The van der Waals surface area contributed by atoms with Crippen molar-refractivity contribution in [3.63, 3.8) is 0 Å². The third-order valence-electron chi connectivity index (χ3n) is 6.05. The second kappa shape index (κ2) is 7.91. The summed E-state index contributed by atoms with van der Waals surface area (Å²) >= 11 is 0. The first-order valence-corrected chi connectivity index (χ1v) is 9.64. The van der Waals surface area contributed by atoms with Gasteiger partial charge >= 0.3 is 0 Å². The monoisotopic (exact) mass is 355 g/mol. The summed E-state index contributed by atoms with van der Waals surface area (Å²) in [6.07, 6.45) is 7.41. The van der Waals surface area contributed by atoms with Crippen molar-refractivity contribution >= 4 is 0 Å². The fourth-order valence-electron chi connectivity index (χ4n) is 4.67. The van der Waals surface area contributed by atoms with E-state index in [1.165, 1.54) is 19.3 Å². The standard InChI is InChI=1S/C21H29N3O2/c1-25-16-19-13-21(17-24(19)14-18-5-2-3-9-22-18)7-10-23(11-8-21)15-20-6-4-12-26-20/h2-6,9,12,19H,7-8,10-11,13-17H2,1H3/t19-/m0/s1. The number of rotatable bonds is 6. The minimum atomic E-state index is 0.428. The van der Waals surface area contributed by atoms with E-state index < -0.39 is 0 Å². The Morgan fingerprint density at radius 1 is 1.19 bits per heavy atom. The number of methoxy groups -OCH3 is 1. The zero-order valence-corrected chi connectivity index (χ0v) is 15.6. The van der Waals surface area contributed by atoms with Crippen LogP contribution in [0.1, 0.15) is 30.7 Å². The van der Waals surface area contributed by atoms with Crippen LogP contribution in [0, 0.1) is 5.41 Å². The van der Waals surface area contributed by atoms with Crippen molar-refractivity contribution in [2.75, 3.05) is 33.4 Å². The second-order valence-corrected chi connectivity index (χ2v) is 7.89. The fourth-order valence-corrected chi connectivity index (χ4v) is 4.67. The lowest BCUT2D eigenvalue weighted by molar-refractivity contribution is 0.0964. The van der Waals surface area contributed by atoms with Crippen molar-refractivity contribution in [2.45, 2.75) is 38.4 Å². The first-order chi connectivity index (χ1) is 12.8. The molecule has 26 heavy (non-hydrogen) atoms. The molecule has 0 aromatic carbocycles. The molecule has 4 rings (SSSR count). The summed E-state index contributed by atoms with van der Waals surface area (Å²) in [5.74, 6) is 1.07. The molecule has 2 fully saturated rings. The minimum Gasteiger partial charge on any atom is -0.468 e. The first-order valence-electron chi connectivity index (χ1n) is 9.64. The molecule has 0 N–H and O–H groups in total. The van der Waals surface area contributed by atoms with Gasteiger partial charge in [0.2, 0.25) is 0 Å². The Hall–Kier alpha value is -1.69. The number of nitrogens with zero attached hydrogens (tertiary/aromatic N) is 3. The van der Waals surface area contributed by atoms with E-state index in [1.807, 2.05) is 25.4 Å². The third kappa shape index (κ3) is 4.00. The summed E-state index contributed by atoms with van der Waals surface area (Å²) in [5, 5.41) is 0. The van der Waals surface area contributed by atoms with Crippen LogP contribution in [0.3, 0.4) is 0 Å². The summed E-state index contributed by atoms with van der Waals surface area (Å²) in [6.45, 7) is 6.13. The van der Waals surface area contributed by atoms with E-state index >= 15 is 0 Å². The fraction of sp³-hybridized carbons (Fsp3) is 0.571. The number of ether oxygens (including phenoxy) is 1. The van der Waals surface area contributed by atoms with Crippen molar-refractivity contribution < 1.29 is 9.15 Å². The van der Waals surface area contributed by atoms with Gasteiger partial charge in [-0.25, -0.2) is 0 Å². The lowest BCUT2D eigenvalue weighted by Gasteiger charge is -2.39. The highest BCUT2D eigenvalue weighted by molar-refractivity contribution is 5.07. The number of likely N-dealkylation sites (tertiary alicyclic amines) is 2. The predicted octanol–water partition coefficient (Wildman–Crippen LogP) is 3.18. The molecule has 2 aromatic heterocycles. The molecule has 1 atom stereocenters. The largest absolute Gasteiger partial charge is 0.468 e. The zero-order chi connectivity index (χ0) is 17.8. The van der Waals surface area contributed by atoms with Crippen LogP contribution in [0.15, 0.2) is 47.2 Å². The molecule has 2 aromatic rings. The van der Waals surface area contributed by atoms with Crippen molar-refractivity contribution in [3.8, 4) is 0 Å². The molecule has 2 aliphatic rings. The topological polar surface area (TPSA) is 41.7 Å². The molecule has 0 amide bonds. The average Bonchev–Trinajstić information content (AvgIpc) is 3.27. The molecule has 0 radical (unpaired) electrons. The van der Waals surface area contributed by atoms with Crippen molar-refractivity contribution in [3.05, 3.63) is 54.2 Å². The van der Waals surface area contributed by atoms with Crippen LogP contribution >= 0.6 is 0 Å². The molecule has 0 aliphatic carbocycles. The van der Waals surface area contributed by atoms with Crippen LogP contribution in [0.2, 0.25) is 0 Å². The Morgan fingerprint density at radius 2 is 2.08 bits per heavy atom. The molecule has 1 spiro atoms. The van der Waals surface area contributed by atoms with Gasteiger partial charge in [0.25, 0.3) is 0 Å². The molecule has 0 unspecified atom stereocenters. The minimum absolute atomic E-state index is 0.428. The number of hydrogen-bond donors (Lipinski definition) is 0. The van der Waals surface area contributed by atoms with E-state index in [9.17, 15) is 0 Å². The highest BCUT2D eigenvalue weighted by atomic mass is 16.5. The average molecular weight is 355 g/mol. The highest BCUT2D eigenvalue weighted by Gasteiger charge is 2.45. The molecule has 0 saturated carbocycles. The van der Waals surface area contributed by atoms with E-state index in [4.69, 9.17) is 9.15 Å². The van der Waals surface area contributed by atoms with Crippen LogP contribution in [-0.2, 0) is 17.8 Å². The maximum Gasteiger partial charge on any atom is 0.117 e. The van der Waals surface area contributed by atoms with E-state index in [0.29, 0.717) is 11.5 Å². The molecule has 2 aliphatic heterocycles. The van der Waals surface area contributed by atoms with E-state index in [2.05, 4.69) is 33.0 Å². The first kappa shape index (κ1) is 17.7. The lowest BCUT2D eigenvalue weighted by Crippen LogP contribution is -2.41. The Balaban J connectivity index is 1.38. The van der Waals surface area contributed by atoms with Gasteiger partial charge in [-0.1, -0.05) is 6.07 Å². The van der Waals surface area contributed by atoms with Gasteiger partial charge in [0.05, 0.1) is 25.1 Å². The van der Waals surface area contributed by atoms with Crippen molar-refractivity contribution in [1.82, 2.24) is 14.8 Å². The lowest BCUT2D eigenvalue weighted by atomic mass is 9.76. The van der Waals surface area contributed by atoms with Gasteiger partial charge in [-0.2, -0.15) is 0 Å². The Kier molecular flexibility index (Phi) is 5.38. The van der Waals surface area contributed by atoms with Crippen LogP contribution in [0.4, 0.5) is 0 Å². The van der Waals surface area contributed by atoms with Gasteiger partial charge < -0.3 is 9.15 Å². The second-order valence-electron chi connectivity index (χ2n) is 7.89. The molecule has 5 heteroatoms. The number of hydrogen-bond acceptors (Lipinski definition) is 5. The quantitative estimate of drug-likeness (QED) is 0.796. The van der Waals surface area contributed by atoms with Crippen LogP contribution < -0.4 is 0 Å². The van der Waals surface area contributed by atoms with Crippen LogP contribution in [-0.4, -0.2) is 54.2 Å². The van der Waals surface area contributed by atoms with Gasteiger partial charge in [-0.05, 0) is 62.0 Å². The van der Waals surface area contributed by atoms with E-state index in [-0.39, 0.29) is 0 Å². The number of furan rings is 1. The maximum atomic E-state index is 5.53. The van der Waals surface area contributed by atoms with Gasteiger partial charge in [0.15, 0.2) is 0 Å². The molecule has 140 valence electrons. The predicted molar refractivity (Wildman–Crippen MR) is 101 cm³/mol. The number of piperidine rings is 1. The van der Waals surface area contributed by atoms with Crippen molar-refractivity contribution in [2.24, 2.45) is 5.41 Å². The third-order valence-corrected chi connectivity index (χ3v) is 6.05. The Morgan fingerprint density at radius 3 is 2.77 bits per heavy atom. The summed E-state index contributed by atoms with van der Waals surface area (Å²) in [4.78, 5) is 9.64. The summed E-state index contributed by atoms with van der Waals surface area (Å²) < 4.78 is 11.0. The normalized spacial score (nSPS) is 23.7. The Bertz CT molecular complexity index is 666. The molecular weight excluding hydrogens is 326 g/mol. The van der Waals surface area contributed by atoms with Gasteiger partial charge in [0, 0.05) is 32.4 Å². The molecule has 0 bridgehead atoms. The number of aromatic nitrogens is 1. The van der Waals surface area contributed by atoms with Crippen molar-refractivity contribution in [1.29, 1.82) is 0 Å². The number of pyridine rings is 1. The van der Waals surface area contributed by atoms with Gasteiger partial charge in [-0.3, -0.25) is 14.8 Å². The SMILES string of the molecule is COC[C@@H]1CC2(CCN(Cc3ccco3)CC2)CN1Cc1ccccn1. The van der Waals surface area contributed by atoms with E-state index in [1.54, 1.807) is 6.26 Å². The van der Waals surface area contributed by atoms with Crippen LogP contribution in [0.5, 0.6) is 0 Å². The van der Waals surface area contributed by atoms with E-state index in [0.717, 1.165) is 50.8 Å². The summed E-state index contributed by atoms with van der Waals surface area (Å²) in [6, 6.07) is 10.7. The molecular formula is C21H29N3O2. The summed E-state index contributed by atoms with van der Waals surface area (Å²) in [5.41, 5.74) is 1.58. The highest BCUT2D eigenvalue weighted by Crippen LogP contribution is 2.44. The maximum absolute atomic E-state index is 5.53. The van der Waals surface area contributed by atoms with Gasteiger partial charge in [0.1, 0.15) is 5.76 Å². The molecule has 5 nitrogen and oxygen atoms in total. The molecule has 4 heterocycles. The van der Waals surface area contributed by atoms with Gasteiger partial charge in [-0.15, -0.1) is 0 Å².